The average molecular weight is 410 g/mol. The molecule has 7 heteroatoms. The van der Waals surface area contributed by atoms with Crippen LogP contribution in [0.25, 0.3) is 6.08 Å². The first kappa shape index (κ1) is 19.9. The first-order valence-electron chi connectivity index (χ1n) is 8.35. The Bertz CT molecular complexity index is 1010. The molecule has 0 N–H and O–H groups in total. The van der Waals surface area contributed by atoms with Crippen molar-refractivity contribution in [3.8, 4) is 5.75 Å². The van der Waals surface area contributed by atoms with Crippen LogP contribution in [0.3, 0.4) is 0 Å². The molecule has 0 unspecified atom stereocenters. The number of amides is 1. The van der Waals surface area contributed by atoms with Gasteiger partial charge in [-0.05, 0) is 36.8 Å². The molecule has 2 aromatic rings. The summed E-state index contributed by atoms with van der Waals surface area (Å²) in [4.78, 5) is 26.0. The predicted molar refractivity (Wildman–Crippen MR) is 113 cm³/mol. The van der Waals surface area contributed by atoms with E-state index in [0.29, 0.717) is 32.8 Å². The van der Waals surface area contributed by atoms with Gasteiger partial charge in [0.1, 0.15) is 12.4 Å². The Kier molecular flexibility index (Phi) is 5.96. The normalized spacial score (nSPS) is 15.2. The number of carboxylic acids is 1. The van der Waals surface area contributed by atoms with Crippen molar-refractivity contribution in [2.75, 3.05) is 11.5 Å². The van der Waals surface area contributed by atoms with E-state index in [-0.39, 0.29) is 11.5 Å². The van der Waals surface area contributed by atoms with E-state index in [2.05, 4.69) is 6.58 Å². The maximum absolute atomic E-state index is 12.9. The van der Waals surface area contributed by atoms with Crippen LogP contribution in [0.2, 0.25) is 0 Å². The SMILES string of the molecule is C=CCOc1ccccc1/C=C1\SC(=S)N(c2ccc(C)c(C(=O)[O-])c2)C1=O. The quantitative estimate of drug-likeness (QED) is 0.413. The number of rotatable bonds is 6. The van der Waals surface area contributed by atoms with Gasteiger partial charge >= 0.3 is 0 Å². The summed E-state index contributed by atoms with van der Waals surface area (Å²) in [5.74, 6) is -0.988. The largest absolute Gasteiger partial charge is 0.545 e. The molecule has 0 aromatic heterocycles. The van der Waals surface area contributed by atoms with E-state index in [4.69, 9.17) is 17.0 Å². The highest BCUT2D eigenvalue weighted by Crippen LogP contribution is 2.37. The molecule has 0 saturated carbocycles. The first-order valence-corrected chi connectivity index (χ1v) is 9.57. The zero-order valence-corrected chi connectivity index (χ0v) is 16.6. The van der Waals surface area contributed by atoms with Crippen LogP contribution in [0, 0.1) is 6.92 Å². The summed E-state index contributed by atoms with van der Waals surface area (Å²) < 4.78 is 5.95. The molecule has 2 aromatic carbocycles. The van der Waals surface area contributed by atoms with E-state index in [9.17, 15) is 14.7 Å². The molecule has 1 heterocycles. The van der Waals surface area contributed by atoms with Crippen molar-refractivity contribution < 1.29 is 19.4 Å². The number of hydrogen-bond acceptors (Lipinski definition) is 6. The van der Waals surface area contributed by atoms with Crippen molar-refractivity contribution >= 4 is 51.9 Å². The second-order valence-corrected chi connectivity index (χ2v) is 7.62. The van der Waals surface area contributed by atoms with Gasteiger partial charge in [-0.25, -0.2) is 0 Å². The Morgan fingerprint density at radius 3 is 2.79 bits per heavy atom. The van der Waals surface area contributed by atoms with Crippen LogP contribution in [0.5, 0.6) is 5.75 Å². The maximum atomic E-state index is 12.9. The number of carbonyl (C=O) groups excluding carboxylic acids is 2. The average Bonchev–Trinajstić information content (AvgIpc) is 2.95. The lowest BCUT2D eigenvalue weighted by molar-refractivity contribution is -0.255. The highest BCUT2D eigenvalue weighted by atomic mass is 32.2. The summed E-state index contributed by atoms with van der Waals surface area (Å²) in [5, 5.41) is 11.3. The number of thiocarbonyl (C=S) groups is 1. The van der Waals surface area contributed by atoms with Crippen LogP contribution in [-0.2, 0) is 4.79 Å². The number of para-hydroxylation sites is 1. The zero-order valence-electron chi connectivity index (χ0n) is 15.0. The number of nitrogens with zero attached hydrogens (tertiary/aromatic N) is 1. The molecule has 0 bridgehead atoms. The summed E-state index contributed by atoms with van der Waals surface area (Å²) in [6.07, 6.45) is 3.36. The lowest BCUT2D eigenvalue weighted by Crippen LogP contribution is -2.29. The number of aromatic carboxylic acids is 1. The van der Waals surface area contributed by atoms with Gasteiger partial charge in [-0.2, -0.15) is 0 Å². The van der Waals surface area contributed by atoms with Crippen molar-refractivity contribution in [3.05, 3.63) is 76.7 Å². The molecule has 1 amide bonds. The van der Waals surface area contributed by atoms with Crippen LogP contribution in [0.4, 0.5) is 5.69 Å². The van der Waals surface area contributed by atoms with Gasteiger partial charge in [-0.1, -0.05) is 60.9 Å². The Morgan fingerprint density at radius 1 is 1.32 bits per heavy atom. The highest BCUT2D eigenvalue weighted by Gasteiger charge is 2.33. The van der Waals surface area contributed by atoms with Gasteiger partial charge in [0.2, 0.25) is 0 Å². The third-order valence-electron chi connectivity index (χ3n) is 4.06. The third kappa shape index (κ3) is 4.00. The predicted octanol–water partition coefficient (Wildman–Crippen LogP) is 3.33. The molecule has 0 spiro atoms. The molecule has 1 aliphatic heterocycles. The van der Waals surface area contributed by atoms with Crippen molar-refractivity contribution in [2.45, 2.75) is 6.92 Å². The summed E-state index contributed by atoms with van der Waals surface area (Å²) in [5.41, 5.74) is 1.72. The number of anilines is 1. The minimum Gasteiger partial charge on any atom is -0.545 e. The molecule has 3 rings (SSSR count). The van der Waals surface area contributed by atoms with E-state index in [1.165, 1.54) is 11.0 Å². The number of carboxylic acid groups (broad SMARTS) is 1. The summed E-state index contributed by atoms with van der Waals surface area (Å²) in [7, 11) is 0. The van der Waals surface area contributed by atoms with Gasteiger partial charge in [0, 0.05) is 11.1 Å². The number of hydrogen-bond donors (Lipinski definition) is 0. The Balaban J connectivity index is 1.95. The highest BCUT2D eigenvalue weighted by molar-refractivity contribution is 8.27. The standard InChI is InChI=1S/C21H17NO4S2/c1-3-10-26-17-7-5-4-6-14(17)11-18-19(23)22(21(27)28-18)15-9-8-13(2)16(12-15)20(24)25/h3-9,11-12H,1,10H2,2H3,(H,24,25)/p-1/b18-11-. The summed E-state index contributed by atoms with van der Waals surface area (Å²) >= 11 is 6.51. The van der Waals surface area contributed by atoms with Crippen molar-refractivity contribution in [2.24, 2.45) is 0 Å². The fourth-order valence-corrected chi connectivity index (χ4v) is 3.97. The van der Waals surface area contributed by atoms with Gasteiger partial charge in [-0.15, -0.1) is 0 Å². The topological polar surface area (TPSA) is 69.7 Å². The van der Waals surface area contributed by atoms with Crippen LogP contribution in [0.1, 0.15) is 21.5 Å². The Hall–Kier alpha value is -2.90. The van der Waals surface area contributed by atoms with Gasteiger partial charge in [0.15, 0.2) is 4.32 Å². The first-order chi connectivity index (χ1) is 13.4. The van der Waals surface area contributed by atoms with Crippen molar-refractivity contribution in [1.82, 2.24) is 0 Å². The lowest BCUT2D eigenvalue weighted by atomic mass is 10.1. The van der Waals surface area contributed by atoms with Crippen molar-refractivity contribution in [1.29, 1.82) is 0 Å². The van der Waals surface area contributed by atoms with Crippen LogP contribution >= 0.6 is 24.0 Å². The second kappa shape index (κ2) is 8.41. The fraction of sp³-hybridized carbons (Fsp3) is 0.0952. The number of ether oxygens (including phenoxy) is 1. The number of thioether (sulfide) groups is 1. The second-order valence-electron chi connectivity index (χ2n) is 5.94. The zero-order chi connectivity index (χ0) is 20.3. The smallest absolute Gasteiger partial charge is 0.270 e. The maximum Gasteiger partial charge on any atom is 0.270 e. The van der Waals surface area contributed by atoms with E-state index >= 15 is 0 Å². The van der Waals surface area contributed by atoms with Crippen LogP contribution in [-0.4, -0.2) is 22.8 Å². The molecule has 142 valence electrons. The minimum atomic E-state index is -1.30. The summed E-state index contributed by atoms with van der Waals surface area (Å²) in [6.45, 7) is 5.65. The number of aryl methyl sites for hydroxylation is 1. The summed E-state index contributed by atoms with van der Waals surface area (Å²) in [6, 6.07) is 12.0. The minimum absolute atomic E-state index is 0.0266. The fourth-order valence-electron chi connectivity index (χ4n) is 2.68. The molecule has 1 aliphatic rings. The van der Waals surface area contributed by atoms with Gasteiger partial charge in [0.25, 0.3) is 5.91 Å². The molecule has 1 saturated heterocycles. The number of benzene rings is 2. The molecule has 28 heavy (non-hydrogen) atoms. The number of carbonyl (C=O) groups is 2. The van der Waals surface area contributed by atoms with Crippen molar-refractivity contribution in [3.63, 3.8) is 0 Å². The molecule has 1 fully saturated rings. The van der Waals surface area contributed by atoms with Gasteiger partial charge in [-0.3, -0.25) is 9.69 Å². The molecular weight excluding hydrogens is 394 g/mol. The van der Waals surface area contributed by atoms with Crippen LogP contribution < -0.4 is 14.7 Å². The van der Waals surface area contributed by atoms with Gasteiger partial charge < -0.3 is 14.6 Å². The monoisotopic (exact) mass is 410 g/mol. The molecule has 5 nitrogen and oxygen atoms in total. The lowest BCUT2D eigenvalue weighted by Gasteiger charge is -2.17. The van der Waals surface area contributed by atoms with E-state index in [0.717, 1.165) is 17.3 Å². The van der Waals surface area contributed by atoms with E-state index in [1.807, 2.05) is 24.3 Å². The Labute approximate surface area is 172 Å². The van der Waals surface area contributed by atoms with E-state index < -0.39 is 5.97 Å². The molecular formula is C21H16NO4S2-. The Morgan fingerprint density at radius 2 is 2.07 bits per heavy atom. The third-order valence-corrected chi connectivity index (χ3v) is 5.36. The molecule has 0 atom stereocenters. The van der Waals surface area contributed by atoms with Gasteiger partial charge in [0.05, 0.1) is 16.6 Å². The molecule has 0 aliphatic carbocycles. The van der Waals surface area contributed by atoms with E-state index in [1.54, 1.807) is 31.2 Å². The molecule has 0 radical (unpaired) electrons. The van der Waals surface area contributed by atoms with Crippen LogP contribution in [0.15, 0.2) is 60.0 Å².